The molecule has 0 spiro atoms. The van der Waals surface area contributed by atoms with Crippen LogP contribution in [0, 0.1) is 17.8 Å². The Hall–Kier alpha value is -0.0800. The summed E-state index contributed by atoms with van der Waals surface area (Å²) in [5, 5.41) is 0. The smallest absolute Gasteiger partial charge is 0.165 e. The first-order chi connectivity index (χ1) is 8.67. The summed E-state index contributed by atoms with van der Waals surface area (Å²) in [7, 11) is 0. The van der Waals surface area contributed by atoms with E-state index in [0.29, 0.717) is 0 Å². The van der Waals surface area contributed by atoms with Crippen molar-refractivity contribution in [2.75, 3.05) is 13.2 Å². The fraction of sp³-hybridized carbons (Fsp3) is 1.00. The Morgan fingerprint density at radius 3 is 2.28 bits per heavy atom. The second-order valence-electron chi connectivity index (χ2n) is 6.40. The molecule has 1 heterocycles. The SMILES string of the molecule is CCC1CC(CC)C(CCC2(C)OCCCO2)C1. The minimum Gasteiger partial charge on any atom is -0.350 e. The molecule has 0 amide bonds. The topological polar surface area (TPSA) is 18.5 Å². The molecule has 1 saturated heterocycles. The highest BCUT2D eigenvalue weighted by Crippen LogP contribution is 2.43. The van der Waals surface area contributed by atoms with Gasteiger partial charge in [0.25, 0.3) is 0 Å². The summed E-state index contributed by atoms with van der Waals surface area (Å²) in [6.45, 7) is 8.56. The van der Waals surface area contributed by atoms with Gasteiger partial charge in [-0.15, -0.1) is 0 Å². The molecule has 0 bridgehead atoms. The molecule has 0 radical (unpaired) electrons. The van der Waals surface area contributed by atoms with E-state index < -0.39 is 0 Å². The second kappa shape index (κ2) is 6.38. The van der Waals surface area contributed by atoms with Crippen molar-refractivity contribution in [1.82, 2.24) is 0 Å². The van der Waals surface area contributed by atoms with Crippen molar-refractivity contribution in [3.8, 4) is 0 Å². The Kier molecular flexibility index (Phi) is 5.08. The van der Waals surface area contributed by atoms with E-state index >= 15 is 0 Å². The lowest BCUT2D eigenvalue weighted by Crippen LogP contribution is -2.38. The lowest BCUT2D eigenvalue weighted by molar-refractivity contribution is -0.260. The van der Waals surface area contributed by atoms with E-state index in [1.807, 2.05) is 0 Å². The molecule has 0 N–H and O–H groups in total. The second-order valence-corrected chi connectivity index (χ2v) is 6.40. The summed E-state index contributed by atoms with van der Waals surface area (Å²) in [6.07, 6.45) is 9.00. The highest BCUT2D eigenvalue weighted by molar-refractivity contribution is 4.83. The van der Waals surface area contributed by atoms with Gasteiger partial charge in [0, 0.05) is 6.42 Å². The highest BCUT2D eigenvalue weighted by atomic mass is 16.7. The van der Waals surface area contributed by atoms with E-state index in [9.17, 15) is 0 Å². The first-order valence-corrected chi connectivity index (χ1v) is 7.94. The first-order valence-electron chi connectivity index (χ1n) is 7.94. The molecule has 2 aliphatic rings. The van der Waals surface area contributed by atoms with Gasteiger partial charge in [-0.25, -0.2) is 0 Å². The summed E-state index contributed by atoms with van der Waals surface area (Å²) in [5.74, 6) is 2.54. The van der Waals surface area contributed by atoms with Crippen molar-refractivity contribution in [2.45, 2.75) is 71.5 Å². The zero-order chi connectivity index (χ0) is 13.0. The summed E-state index contributed by atoms with van der Waals surface area (Å²) < 4.78 is 11.7. The third-order valence-corrected chi connectivity index (χ3v) is 5.11. The van der Waals surface area contributed by atoms with Gasteiger partial charge in [0.15, 0.2) is 5.79 Å². The van der Waals surface area contributed by atoms with Gasteiger partial charge in [0.1, 0.15) is 0 Å². The molecule has 106 valence electrons. The van der Waals surface area contributed by atoms with Gasteiger partial charge in [-0.2, -0.15) is 0 Å². The third-order valence-electron chi connectivity index (χ3n) is 5.11. The average Bonchev–Trinajstić information content (AvgIpc) is 2.80. The van der Waals surface area contributed by atoms with Crippen LogP contribution in [0.3, 0.4) is 0 Å². The van der Waals surface area contributed by atoms with Crippen LogP contribution in [-0.2, 0) is 9.47 Å². The molecule has 3 atom stereocenters. The quantitative estimate of drug-likeness (QED) is 0.724. The maximum Gasteiger partial charge on any atom is 0.165 e. The molecular weight excluding hydrogens is 224 g/mol. The first kappa shape index (κ1) is 14.3. The number of hydrogen-bond donors (Lipinski definition) is 0. The normalized spacial score (nSPS) is 35.8. The van der Waals surface area contributed by atoms with Crippen LogP contribution in [0.4, 0.5) is 0 Å². The molecule has 18 heavy (non-hydrogen) atoms. The predicted octanol–water partition coefficient (Wildman–Crippen LogP) is 4.38. The van der Waals surface area contributed by atoms with Crippen LogP contribution < -0.4 is 0 Å². The molecule has 0 aromatic carbocycles. The fourth-order valence-electron chi connectivity index (χ4n) is 3.79. The molecule has 2 fully saturated rings. The lowest BCUT2D eigenvalue weighted by atomic mass is 9.88. The van der Waals surface area contributed by atoms with E-state index in [-0.39, 0.29) is 5.79 Å². The minimum atomic E-state index is -0.291. The summed E-state index contributed by atoms with van der Waals surface area (Å²) >= 11 is 0. The molecule has 2 heteroatoms. The molecule has 1 aliphatic carbocycles. The van der Waals surface area contributed by atoms with Gasteiger partial charge in [0.2, 0.25) is 0 Å². The molecule has 2 rings (SSSR count). The van der Waals surface area contributed by atoms with Crippen LogP contribution in [-0.4, -0.2) is 19.0 Å². The average molecular weight is 254 g/mol. The monoisotopic (exact) mass is 254 g/mol. The van der Waals surface area contributed by atoms with Gasteiger partial charge in [0.05, 0.1) is 13.2 Å². The van der Waals surface area contributed by atoms with Crippen LogP contribution >= 0.6 is 0 Å². The van der Waals surface area contributed by atoms with Gasteiger partial charge >= 0.3 is 0 Å². The maximum atomic E-state index is 5.83. The molecule has 1 aliphatic heterocycles. The van der Waals surface area contributed by atoms with E-state index in [2.05, 4.69) is 20.8 Å². The Morgan fingerprint density at radius 1 is 1.00 bits per heavy atom. The lowest BCUT2D eigenvalue weighted by Gasteiger charge is -2.35. The van der Waals surface area contributed by atoms with Crippen LogP contribution in [0.5, 0.6) is 0 Å². The Bertz CT molecular complexity index is 245. The van der Waals surface area contributed by atoms with Gasteiger partial charge < -0.3 is 9.47 Å². The standard InChI is InChI=1S/C16H30O2/c1-4-13-11-14(5-2)15(12-13)7-8-16(3)17-9-6-10-18-16/h13-15H,4-12H2,1-3H3. The zero-order valence-electron chi connectivity index (χ0n) is 12.4. The van der Waals surface area contributed by atoms with E-state index in [1.165, 1.54) is 32.1 Å². The molecular formula is C16H30O2. The van der Waals surface area contributed by atoms with Crippen LogP contribution in [0.15, 0.2) is 0 Å². The Labute approximate surface area is 112 Å². The number of hydrogen-bond acceptors (Lipinski definition) is 2. The molecule has 3 unspecified atom stereocenters. The highest BCUT2D eigenvalue weighted by Gasteiger charge is 2.35. The van der Waals surface area contributed by atoms with Gasteiger partial charge in [-0.3, -0.25) is 0 Å². The summed E-state index contributed by atoms with van der Waals surface area (Å²) in [4.78, 5) is 0. The van der Waals surface area contributed by atoms with Crippen molar-refractivity contribution >= 4 is 0 Å². The predicted molar refractivity (Wildman–Crippen MR) is 74.4 cm³/mol. The number of rotatable bonds is 5. The van der Waals surface area contributed by atoms with Gasteiger partial charge in [-0.05, 0) is 50.4 Å². The number of ether oxygens (including phenoxy) is 2. The van der Waals surface area contributed by atoms with E-state index in [1.54, 1.807) is 0 Å². The van der Waals surface area contributed by atoms with Crippen LogP contribution in [0.1, 0.15) is 65.7 Å². The van der Waals surface area contributed by atoms with Gasteiger partial charge in [-0.1, -0.05) is 26.7 Å². The van der Waals surface area contributed by atoms with E-state index in [4.69, 9.17) is 9.47 Å². The minimum absolute atomic E-state index is 0.291. The maximum absolute atomic E-state index is 5.83. The van der Waals surface area contributed by atoms with E-state index in [0.717, 1.165) is 43.8 Å². The molecule has 0 aromatic heterocycles. The van der Waals surface area contributed by atoms with Crippen molar-refractivity contribution in [3.63, 3.8) is 0 Å². The molecule has 1 saturated carbocycles. The zero-order valence-corrected chi connectivity index (χ0v) is 12.4. The Morgan fingerprint density at radius 2 is 1.67 bits per heavy atom. The van der Waals surface area contributed by atoms with Crippen molar-refractivity contribution in [3.05, 3.63) is 0 Å². The summed E-state index contributed by atoms with van der Waals surface area (Å²) in [6, 6.07) is 0. The summed E-state index contributed by atoms with van der Waals surface area (Å²) in [5.41, 5.74) is 0. The van der Waals surface area contributed by atoms with Crippen molar-refractivity contribution in [2.24, 2.45) is 17.8 Å². The van der Waals surface area contributed by atoms with Crippen molar-refractivity contribution in [1.29, 1.82) is 0 Å². The van der Waals surface area contributed by atoms with Crippen LogP contribution in [0.25, 0.3) is 0 Å². The third kappa shape index (κ3) is 3.48. The van der Waals surface area contributed by atoms with Crippen LogP contribution in [0.2, 0.25) is 0 Å². The molecule has 2 nitrogen and oxygen atoms in total. The Balaban J connectivity index is 1.81. The van der Waals surface area contributed by atoms with Crippen molar-refractivity contribution < 1.29 is 9.47 Å². The fourth-order valence-corrected chi connectivity index (χ4v) is 3.79. The molecule has 0 aromatic rings. The largest absolute Gasteiger partial charge is 0.350 e.